The number of hydrogen-bond acceptors (Lipinski definition) is 6. The van der Waals surface area contributed by atoms with Crippen LogP contribution in [0, 0.1) is 0 Å². The van der Waals surface area contributed by atoms with E-state index < -0.39 is 29.8 Å². The van der Waals surface area contributed by atoms with Crippen LogP contribution in [0.2, 0.25) is 5.02 Å². The van der Waals surface area contributed by atoms with Gasteiger partial charge in [0.25, 0.3) is 17.7 Å². The first-order valence-corrected chi connectivity index (χ1v) is 10.9. The standard InChI is InChI=1S/C24H21ClN4O5/c1-13(2)29-20(10-11-26-29)27-21(30)14(3)34-24(33)15-4-9-18-19(12-15)23(32)28(22(18)31)17-7-5-16(25)6-8-17/h4-14H,1-3H3,(H,27,30). The number of nitrogens with zero attached hydrogens (tertiary/aromatic N) is 3. The van der Waals surface area contributed by atoms with Gasteiger partial charge in [-0.05, 0) is 63.2 Å². The minimum absolute atomic E-state index is 0.0299. The number of carbonyl (C=O) groups excluding carboxylic acids is 4. The SMILES string of the molecule is CC(OC(=O)c1ccc2c(c1)C(=O)N(c1ccc(Cl)cc1)C2=O)C(=O)Nc1ccnn1C(C)C. The molecular formula is C24H21ClN4O5. The molecule has 34 heavy (non-hydrogen) atoms. The van der Waals surface area contributed by atoms with Crippen molar-refractivity contribution in [2.24, 2.45) is 0 Å². The predicted octanol–water partition coefficient (Wildman–Crippen LogP) is 4.10. The van der Waals surface area contributed by atoms with E-state index >= 15 is 0 Å². The van der Waals surface area contributed by atoms with Crippen LogP contribution in [0.25, 0.3) is 0 Å². The van der Waals surface area contributed by atoms with Crippen LogP contribution in [0.15, 0.2) is 54.7 Å². The van der Waals surface area contributed by atoms with E-state index in [9.17, 15) is 19.2 Å². The molecule has 1 aliphatic rings. The van der Waals surface area contributed by atoms with Crippen LogP contribution in [0.1, 0.15) is 57.9 Å². The molecule has 0 saturated heterocycles. The molecule has 2 aromatic carbocycles. The number of esters is 1. The van der Waals surface area contributed by atoms with Gasteiger partial charge in [-0.3, -0.25) is 14.4 Å². The van der Waals surface area contributed by atoms with Gasteiger partial charge in [-0.1, -0.05) is 11.6 Å². The maximum absolute atomic E-state index is 12.9. The van der Waals surface area contributed by atoms with E-state index in [-0.39, 0.29) is 22.7 Å². The molecule has 0 radical (unpaired) electrons. The fourth-order valence-corrected chi connectivity index (χ4v) is 3.65. The van der Waals surface area contributed by atoms with Gasteiger partial charge in [0.1, 0.15) is 5.82 Å². The van der Waals surface area contributed by atoms with Crippen molar-refractivity contribution in [2.45, 2.75) is 32.9 Å². The molecule has 1 aromatic heterocycles. The average Bonchev–Trinajstić information content (AvgIpc) is 3.37. The number of nitrogens with one attached hydrogen (secondary N) is 1. The molecule has 2 heterocycles. The molecule has 0 fully saturated rings. The first-order valence-electron chi connectivity index (χ1n) is 10.5. The molecule has 0 saturated carbocycles. The van der Waals surface area contributed by atoms with Gasteiger partial charge in [0.05, 0.1) is 28.6 Å². The highest BCUT2D eigenvalue weighted by atomic mass is 35.5. The first-order chi connectivity index (χ1) is 16.2. The Morgan fingerprint density at radius 1 is 0.971 bits per heavy atom. The zero-order valence-corrected chi connectivity index (χ0v) is 19.4. The highest BCUT2D eigenvalue weighted by Gasteiger charge is 2.37. The van der Waals surface area contributed by atoms with Crippen molar-refractivity contribution in [1.82, 2.24) is 9.78 Å². The largest absolute Gasteiger partial charge is 0.449 e. The highest BCUT2D eigenvalue weighted by molar-refractivity contribution is 6.35. The normalized spacial score (nSPS) is 13.7. The average molecular weight is 481 g/mol. The van der Waals surface area contributed by atoms with E-state index in [4.69, 9.17) is 16.3 Å². The van der Waals surface area contributed by atoms with Crippen molar-refractivity contribution in [2.75, 3.05) is 10.2 Å². The molecular weight excluding hydrogens is 460 g/mol. The topological polar surface area (TPSA) is 111 Å². The summed E-state index contributed by atoms with van der Waals surface area (Å²) in [6, 6.07) is 12.0. The number of hydrogen-bond donors (Lipinski definition) is 1. The zero-order valence-electron chi connectivity index (χ0n) is 18.6. The smallest absolute Gasteiger partial charge is 0.338 e. The van der Waals surface area contributed by atoms with Crippen molar-refractivity contribution >= 4 is 46.8 Å². The summed E-state index contributed by atoms with van der Waals surface area (Å²) < 4.78 is 6.92. The third-order valence-electron chi connectivity index (χ3n) is 5.27. The van der Waals surface area contributed by atoms with Gasteiger partial charge in [-0.15, -0.1) is 0 Å². The summed E-state index contributed by atoms with van der Waals surface area (Å²) in [5, 5.41) is 7.29. The molecule has 1 N–H and O–H groups in total. The van der Waals surface area contributed by atoms with E-state index in [1.54, 1.807) is 41.2 Å². The van der Waals surface area contributed by atoms with Gasteiger partial charge >= 0.3 is 5.97 Å². The van der Waals surface area contributed by atoms with Gasteiger partial charge in [-0.25, -0.2) is 14.4 Å². The predicted molar refractivity (Wildman–Crippen MR) is 125 cm³/mol. The second-order valence-electron chi connectivity index (χ2n) is 7.97. The lowest BCUT2D eigenvalue weighted by molar-refractivity contribution is -0.123. The maximum atomic E-state index is 12.9. The summed E-state index contributed by atoms with van der Waals surface area (Å²) in [7, 11) is 0. The number of ether oxygens (including phenoxy) is 1. The third-order valence-corrected chi connectivity index (χ3v) is 5.52. The minimum atomic E-state index is -1.11. The Morgan fingerprint density at radius 3 is 2.32 bits per heavy atom. The molecule has 3 amide bonds. The summed E-state index contributed by atoms with van der Waals surface area (Å²) in [6.45, 7) is 5.27. The lowest BCUT2D eigenvalue weighted by Crippen LogP contribution is -2.31. The third kappa shape index (κ3) is 4.29. The lowest BCUT2D eigenvalue weighted by atomic mass is 10.1. The van der Waals surface area contributed by atoms with E-state index in [2.05, 4.69) is 10.4 Å². The monoisotopic (exact) mass is 480 g/mol. The minimum Gasteiger partial charge on any atom is -0.449 e. The van der Waals surface area contributed by atoms with E-state index in [0.29, 0.717) is 16.5 Å². The van der Waals surface area contributed by atoms with Crippen LogP contribution in [0.4, 0.5) is 11.5 Å². The van der Waals surface area contributed by atoms with Crippen LogP contribution >= 0.6 is 11.6 Å². The molecule has 174 valence electrons. The molecule has 0 aliphatic carbocycles. The van der Waals surface area contributed by atoms with Crippen molar-refractivity contribution in [1.29, 1.82) is 0 Å². The number of amides is 3. The Bertz CT molecular complexity index is 1300. The number of imide groups is 1. The van der Waals surface area contributed by atoms with Crippen LogP contribution in [0.5, 0.6) is 0 Å². The van der Waals surface area contributed by atoms with Gasteiger partial charge in [0, 0.05) is 17.1 Å². The second kappa shape index (κ2) is 9.11. The number of fused-ring (bicyclic) bond motifs is 1. The van der Waals surface area contributed by atoms with Crippen molar-refractivity contribution in [3.8, 4) is 0 Å². The maximum Gasteiger partial charge on any atom is 0.338 e. The number of rotatable bonds is 6. The molecule has 1 unspecified atom stereocenters. The molecule has 4 rings (SSSR count). The highest BCUT2D eigenvalue weighted by Crippen LogP contribution is 2.30. The van der Waals surface area contributed by atoms with Crippen molar-refractivity contribution < 1.29 is 23.9 Å². The van der Waals surface area contributed by atoms with Crippen molar-refractivity contribution in [3.63, 3.8) is 0 Å². The Morgan fingerprint density at radius 2 is 1.65 bits per heavy atom. The summed E-state index contributed by atoms with van der Waals surface area (Å²) >= 11 is 5.89. The Kier molecular flexibility index (Phi) is 6.21. The molecule has 10 heteroatoms. The lowest BCUT2D eigenvalue weighted by Gasteiger charge is -2.16. The summed E-state index contributed by atoms with van der Waals surface area (Å²) in [5.74, 6) is -1.92. The molecule has 0 bridgehead atoms. The van der Waals surface area contributed by atoms with Crippen LogP contribution < -0.4 is 10.2 Å². The summed E-state index contributed by atoms with van der Waals surface area (Å²) in [6.07, 6.45) is 0.446. The fourth-order valence-electron chi connectivity index (χ4n) is 3.53. The molecule has 1 atom stereocenters. The zero-order chi connectivity index (χ0) is 24.6. The van der Waals surface area contributed by atoms with Gasteiger partial charge in [0.2, 0.25) is 0 Å². The van der Waals surface area contributed by atoms with E-state index in [1.165, 1.54) is 25.1 Å². The van der Waals surface area contributed by atoms with E-state index in [0.717, 1.165) is 4.90 Å². The number of benzene rings is 2. The van der Waals surface area contributed by atoms with E-state index in [1.807, 2.05) is 13.8 Å². The number of anilines is 2. The quantitative estimate of drug-likeness (QED) is 0.420. The first kappa shape index (κ1) is 23.2. The summed E-state index contributed by atoms with van der Waals surface area (Å²) in [4.78, 5) is 51.9. The Balaban J connectivity index is 1.48. The van der Waals surface area contributed by atoms with Gasteiger partial charge < -0.3 is 10.1 Å². The number of aromatic nitrogens is 2. The Hall–Kier alpha value is -3.98. The van der Waals surface area contributed by atoms with Crippen LogP contribution in [-0.2, 0) is 9.53 Å². The van der Waals surface area contributed by atoms with Crippen LogP contribution in [-0.4, -0.2) is 39.6 Å². The van der Waals surface area contributed by atoms with Gasteiger partial charge in [-0.2, -0.15) is 5.10 Å². The molecule has 0 spiro atoms. The van der Waals surface area contributed by atoms with Crippen molar-refractivity contribution in [3.05, 3.63) is 76.4 Å². The van der Waals surface area contributed by atoms with Gasteiger partial charge in [0.15, 0.2) is 6.10 Å². The molecule has 1 aliphatic heterocycles. The second-order valence-corrected chi connectivity index (χ2v) is 8.41. The number of halogens is 1. The molecule has 3 aromatic rings. The summed E-state index contributed by atoms with van der Waals surface area (Å²) in [5.41, 5.74) is 0.659. The number of carbonyl (C=O) groups is 4. The van der Waals surface area contributed by atoms with Crippen LogP contribution in [0.3, 0.4) is 0 Å². The molecule has 9 nitrogen and oxygen atoms in total. The fraction of sp³-hybridized carbons (Fsp3) is 0.208. The Labute approximate surface area is 200 Å².